The number of ketones is 1. The summed E-state index contributed by atoms with van der Waals surface area (Å²) in [7, 11) is 3.21. The molecule has 45 heavy (non-hydrogen) atoms. The summed E-state index contributed by atoms with van der Waals surface area (Å²) in [5.41, 5.74) is 5.48. The van der Waals surface area contributed by atoms with Gasteiger partial charge in [0, 0.05) is 37.0 Å². The number of allylic oxidation sites excluding steroid dienone is 1. The number of carbonyl (C=O) groups is 2. The highest BCUT2D eigenvalue weighted by molar-refractivity contribution is 5.99. The minimum atomic E-state index is -0.141. The number of nitrogens with zero attached hydrogens (tertiary/aromatic N) is 3. The Balaban J connectivity index is 1.62. The van der Waals surface area contributed by atoms with Gasteiger partial charge in [0.1, 0.15) is 11.5 Å². The van der Waals surface area contributed by atoms with Gasteiger partial charge in [0.25, 0.3) is 0 Å². The molecule has 1 aliphatic rings. The summed E-state index contributed by atoms with van der Waals surface area (Å²) in [6.07, 6.45) is 8.15. The lowest BCUT2D eigenvalue weighted by molar-refractivity contribution is 0.0926. The molecule has 0 aliphatic carbocycles. The molecule has 7 nitrogen and oxygen atoms in total. The number of amides is 2. The van der Waals surface area contributed by atoms with E-state index >= 15 is 0 Å². The first-order valence-electron chi connectivity index (χ1n) is 16.1. The Morgan fingerprint density at radius 3 is 2.24 bits per heavy atom. The average Bonchev–Trinajstić information content (AvgIpc) is 3.09. The Kier molecular flexibility index (Phi) is 12.0. The topological polar surface area (TPSA) is 71.4 Å². The van der Waals surface area contributed by atoms with E-state index in [4.69, 9.17) is 9.47 Å². The van der Waals surface area contributed by atoms with Crippen LogP contribution in [0.5, 0.6) is 11.5 Å². The molecule has 2 unspecified atom stereocenters. The lowest BCUT2D eigenvalue weighted by atomic mass is 9.93. The third-order valence-electron chi connectivity index (χ3n) is 8.73. The van der Waals surface area contributed by atoms with Crippen molar-refractivity contribution in [1.29, 1.82) is 0 Å². The SMILES string of the molecule is C=NN(/C=C(\CCC)c1ccc(-c2c(OC)cc(C(=O)C(C)CC)cc2OC)cc1)C(=O)N1CCCCC1Cc1ccccc1. The quantitative estimate of drug-likeness (QED) is 0.110. The second-order valence-electron chi connectivity index (χ2n) is 11.7. The highest BCUT2D eigenvalue weighted by Crippen LogP contribution is 2.41. The largest absolute Gasteiger partial charge is 0.496 e. The van der Waals surface area contributed by atoms with Crippen molar-refractivity contribution in [3.8, 4) is 22.6 Å². The Morgan fingerprint density at radius 1 is 1.00 bits per heavy atom. The summed E-state index contributed by atoms with van der Waals surface area (Å²) in [5.74, 6) is 1.14. The van der Waals surface area contributed by atoms with Crippen LogP contribution >= 0.6 is 0 Å². The van der Waals surface area contributed by atoms with Crippen LogP contribution in [0.3, 0.4) is 0 Å². The van der Waals surface area contributed by atoms with Crippen LogP contribution in [0.1, 0.15) is 80.8 Å². The maximum absolute atomic E-state index is 13.8. The molecule has 7 heteroatoms. The van der Waals surface area contributed by atoms with E-state index < -0.39 is 0 Å². The van der Waals surface area contributed by atoms with Crippen molar-refractivity contribution in [1.82, 2.24) is 9.91 Å². The van der Waals surface area contributed by atoms with E-state index in [0.29, 0.717) is 23.6 Å². The van der Waals surface area contributed by atoms with Gasteiger partial charge in [-0.3, -0.25) is 4.79 Å². The number of hydrogen-bond acceptors (Lipinski definition) is 5. The molecule has 2 atom stereocenters. The van der Waals surface area contributed by atoms with Crippen molar-refractivity contribution in [3.63, 3.8) is 0 Å². The van der Waals surface area contributed by atoms with E-state index in [9.17, 15) is 9.59 Å². The van der Waals surface area contributed by atoms with Crippen LogP contribution in [0.15, 0.2) is 78.0 Å². The Morgan fingerprint density at radius 2 is 1.67 bits per heavy atom. The second kappa shape index (κ2) is 16.1. The second-order valence-corrected chi connectivity index (χ2v) is 11.7. The minimum absolute atomic E-state index is 0.0659. The number of benzene rings is 3. The fourth-order valence-corrected chi connectivity index (χ4v) is 6.00. The van der Waals surface area contributed by atoms with E-state index in [0.717, 1.165) is 67.2 Å². The molecule has 2 amide bonds. The van der Waals surface area contributed by atoms with Gasteiger partial charge < -0.3 is 14.4 Å². The molecule has 238 valence electrons. The average molecular weight is 610 g/mol. The van der Waals surface area contributed by atoms with E-state index in [1.54, 1.807) is 26.4 Å². The first kappa shape index (κ1) is 33.5. The highest BCUT2D eigenvalue weighted by Gasteiger charge is 2.30. The van der Waals surface area contributed by atoms with Crippen LogP contribution in [0.2, 0.25) is 0 Å². The molecule has 0 spiro atoms. The molecule has 1 saturated heterocycles. The van der Waals surface area contributed by atoms with Crippen LogP contribution in [0.25, 0.3) is 16.7 Å². The monoisotopic (exact) mass is 609 g/mol. The fraction of sp³-hybridized carbons (Fsp3) is 0.395. The Hall–Kier alpha value is -4.39. The number of carbonyl (C=O) groups excluding carboxylic acids is 2. The molecular formula is C38H47N3O4. The lowest BCUT2D eigenvalue weighted by Crippen LogP contribution is -2.48. The Labute approximate surface area is 268 Å². The molecule has 0 N–H and O–H groups in total. The van der Waals surface area contributed by atoms with Gasteiger partial charge in [-0.2, -0.15) is 10.1 Å². The van der Waals surface area contributed by atoms with Crippen LogP contribution in [0, 0.1) is 5.92 Å². The van der Waals surface area contributed by atoms with Gasteiger partial charge in [0.05, 0.1) is 19.8 Å². The maximum atomic E-state index is 13.8. The number of likely N-dealkylation sites (tertiary alicyclic amines) is 1. The summed E-state index contributed by atoms with van der Waals surface area (Å²) in [5, 5.41) is 5.56. The lowest BCUT2D eigenvalue weighted by Gasteiger charge is -2.37. The predicted molar refractivity (Wildman–Crippen MR) is 183 cm³/mol. The van der Waals surface area contributed by atoms with Crippen molar-refractivity contribution in [2.45, 2.75) is 71.8 Å². The van der Waals surface area contributed by atoms with E-state index in [1.165, 1.54) is 10.6 Å². The third kappa shape index (κ3) is 8.01. The molecule has 0 aromatic heterocycles. The maximum Gasteiger partial charge on any atom is 0.344 e. The number of hydrazone groups is 1. The summed E-state index contributed by atoms with van der Waals surface area (Å²) in [6, 6.07) is 22.0. The van der Waals surface area contributed by atoms with Crippen molar-refractivity contribution >= 4 is 24.1 Å². The molecule has 1 aliphatic heterocycles. The van der Waals surface area contributed by atoms with Crippen LogP contribution in [-0.2, 0) is 6.42 Å². The fourth-order valence-electron chi connectivity index (χ4n) is 6.00. The number of hydrogen-bond donors (Lipinski definition) is 0. The molecule has 0 bridgehead atoms. The third-order valence-corrected chi connectivity index (χ3v) is 8.73. The van der Waals surface area contributed by atoms with Gasteiger partial charge in [0.15, 0.2) is 5.78 Å². The van der Waals surface area contributed by atoms with E-state index in [-0.39, 0.29) is 23.8 Å². The van der Waals surface area contributed by atoms with Crippen molar-refractivity contribution in [3.05, 3.63) is 89.6 Å². The van der Waals surface area contributed by atoms with Crippen molar-refractivity contribution in [2.75, 3.05) is 20.8 Å². The summed E-state index contributed by atoms with van der Waals surface area (Å²) in [4.78, 5) is 28.7. The Bertz CT molecular complexity index is 1460. The molecule has 1 heterocycles. The number of ether oxygens (including phenoxy) is 2. The number of piperidine rings is 1. The van der Waals surface area contributed by atoms with Crippen LogP contribution in [-0.4, -0.2) is 55.2 Å². The van der Waals surface area contributed by atoms with Gasteiger partial charge >= 0.3 is 6.03 Å². The number of methoxy groups -OCH3 is 2. The van der Waals surface area contributed by atoms with Crippen LogP contribution < -0.4 is 9.47 Å². The summed E-state index contributed by atoms with van der Waals surface area (Å²) >= 11 is 0. The standard InChI is InChI=1S/C38H47N3O4/c1-7-14-31(26-41(39-4)38(43)40-22-13-12-17-33(40)23-28-15-10-9-11-16-28)29-18-20-30(21-19-29)36-34(44-5)24-32(25-35(36)45-6)37(42)27(3)8-2/h9-11,15-16,18-21,24-27,33H,4,7-8,12-14,17,22-23H2,1-3,5-6H3/b31-26+. The number of Topliss-reactive ketones (excluding diaryl/α,β-unsaturated/α-hetero) is 1. The number of rotatable bonds is 13. The zero-order chi connectivity index (χ0) is 32.3. The molecule has 4 rings (SSSR count). The summed E-state index contributed by atoms with van der Waals surface area (Å²) < 4.78 is 11.5. The van der Waals surface area contributed by atoms with Crippen LogP contribution in [0.4, 0.5) is 4.79 Å². The molecular weight excluding hydrogens is 562 g/mol. The zero-order valence-corrected chi connectivity index (χ0v) is 27.4. The molecule has 0 radical (unpaired) electrons. The van der Waals surface area contributed by atoms with Gasteiger partial charge in [-0.05, 0) is 72.9 Å². The summed E-state index contributed by atoms with van der Waals surface area (Å²) in [6.45, 7) is 10.5. The smallest absolute Gasteiger partial charge is 0.344 e. The normalized spacial score (nSPS) is 15.7. The van der Waals surface area contributed by atoms with E-state index in [1.807, 2.05) is 67.4 Å². The molecule has 3 aromatic rings. The first-order chi connectivity index (χ1) is 21.8. The van der Waals surface area contributed by atoms with Gasteiger partial charge in [-0.15, -0.1) is 0 Å². The zero-order valence-electron chi connectivity index (χ0n) is 27.4. The van der Waals surface area contributed by atoms with Crippen molar-refractivity contribution in [2.24, 2.45) is 11.0 Å². The van der Waals surface area contributed by atoms with Gasteiger partial charge in [-0.1, -0.05) is 81.8 Å². The molecule has 1 fully saturated rings. The molecule has 3 aromatic carbocycles. The number of urea groups is 1. The van der Waals surface area contributed by atoms with Gasteiger partial charge in [0.2, 0.25) is 0 Å². The first-order valence-corrected chi connectivity index (χ1v) is 16.1. The van der Waals surface area contributed by atoms with Gasteiger partial charge in [-0.25, -0.2) is 4.79 Å². The van der Waals surface area contributed by atoms with Crippen molar-refractivity contribution < 1.29 is 19.1 Å². The molecule has 0 saturated carbocycles. The predicted octanol–water partition coefficient (Wildman–Crippen LogP) is 8.88. The highest BCUT2D eigenvalue weighted by atomic mass is 16.5. The minimum Gasteiger partial charge on any atom is -0.496 e. The van der Waals surface area contributed by atoms with E-state index in [2.05, 4.69) is 30.9 Å².